The predicted molar refractivity (Wildman–Crippen MR) is 108 cm³/mol. The van der Waals surface area contributed by atoms with Gasteiger partial charge in [0.1, 0.15) is 11.5 Å². The van der Waals surface area contributed by atoms with Crippen molar-refractivity contribution in [3.8, 4) is 11.5 Å². The van der Waals surface area contributed by atoms with E-state index in [1.54, 1.807) is 24.3 Å². The summed E-state index contributed by atoms with van der Waals surface area (Å²) in [6.07, 6.45) is 1.43. The summed E-state index contributed by atoms with van der Waals surface area (Å²) < 4.78 is 6.09. The molecule has 0 aliphatic carbocycles. The summed E-state index contributed by atoms with van der Waals surface area (Å²) in [5.41, 5.74) is 1.77. The average molecular weight is 522 g/mol. The van der Waals surface area contributed by atoms with E-state index < -0.39 is 0 Å². The molecule has 0 aliphatic heterocycles. The lowest BCUT2D eigenvalue weighted by molar-refractivity contribution is 0.472. The number of hydrogen-bond donors (Lipinski definition) is 0. The molecule has 0 spiro atoms. The molecule has 0 unspecified atom stereocenters. The lowest BCUT2D eigenvalue weighted by Crippen LogP contribution is -1.99. The van der Waals surface area contributed by atoms with Crippen LogP contribution in [0.15, 0.2) is 24.3 Å². The molecule has 7 heteroatoms. The van der Waals surface area contributed by atoms with Crippen molar-refractivity contribution < 1.29 is 4.74 Å². The molecule has 0 amide bonds. The highest BCUT2D eigenvalue weighted by atomic mass is 79.9. The Balaban J connectivity index is 2.50. The molecule has 2 rings (SSSR count). The number of halogens is 6. The van der Waals surface area contributed by atoms with Gasteiger partial charge in [-0.05, 0) is 37.1 Å². The first-order chi connectivity index (χ1) is 11.0. The summed E-state index contributed by atoms with van der Waals surface area (Å²) in [4.78, 5) is 0. The van der Waals surface area contributed by atoms with Crippen molar-refractivity contribution in [2.24, 2.45) is 0 Å². The van der Waals surface area contributed by atoms with E-state index in [2.05, 4.69) is 31.9 Å². The normalized spacial score (nSPS) is 10.9. The molecule has 0 bridgehead atoms. The molecular weight excluding hydrogens is 510 g/mol. The predicted octanol–water partition coefficient (Wildman–Crippen LogP) is 7.97. The number of rotatable bonds is 6. The minimum absolute atomic E-state index is 0.512. The molecule has 1 nitrogen and oxygen atoms in total. The molecule has 0 radical (unpaired) electrons. The Morgan fingerprint density at radius 2 is 1.09 bits per heavy atom. The van der Waals surface area contributed by atoms with Gasteiger partial charge in [-0.1, -0.05) is 78.3 Å². The molecule has 0 fully saturated rings. The van der Waals surface area contributed by atoms with E-state index in [0.29, 0.717) is 44.4 Å². The number of alkyl halides is 2. The Hall–Kier alpha value is 0.360. The highest BCUT2D eigenvalue weighted by molar-refractivity contribution is 9.09. The lowest BCUT2D eigenvalue weighted by atomic mass is 10.1. The fourth-order valence-corrected chi connectivity index (χ4v) is 4.07. The maximum Gasteiger partial charge on any atom is 0.133 e. The minimum atomic E-state index is 0.512. The third-order valence-corrected chi connectivity index (χ3v) is 5.05. The molecule has 124 valence electrons. The van der Waals surface area contributed by atoms with Crippen molar-refractivity contribution in [2.45, 2.75) is 12.8 Å². The van der Waals surface area contributed by atoms with Gasteiger partial charge in [-0.15, -0.1) is 0 Å². The third kappa shape index (κ3) is 5.17. The first-order valence-electron chi connectivity index (χ1n) is 6.72. The van der Waals surface area contributed by atoms with Crippen molar-refractivity contribution >= 4 is 78.3 Å². The minimum Gasteiger partial charge on any atom is -0.457 e. The average Bonchev–Trinajstić information content (AvgIpc) is 2.46. The Morgan fingerprint density at radius 1 is 0.696 bits per heavy atom. The summed E-state index contributed by atoms with van der Waals surface area (Å²) in [6, 6.07) is 6.91. The lowest BCUT2D eigenvalue weighted by Gasteiger charge is -2.16. The second-order valence-electron chi connectivity index (χ2n) is 4.71. The van der Waals surface area contributed by atoms with E-state index in [9.17, 15) is 0 Å². The molecule has 2 aromatic carbocycles. The summed E-state index contributed by atoms with van der Waals surface area (Å²) in [7, 11) is 0. The molecule has 0 aliphatic rings. The summed E-state index contributed by atoms with van der Waals surface area (Å²) in [5, 5.41) is 3.69. The van der Waals surface area contributed by atoms with Gasteiger partial charge >= 0.3 is 0 Å². The molecule has 2 aromatic rings. The Bertz CT molecular complexity index is 647. The fraction of sp³-hybridized carbons (Fsp3) is 0.250. The van der Waals surface area contributed by atoms with Crippen molar-refractivity contribution in [3.63, 3.8) is 0 Å². The maximum atomic E-state index is 6.30. The van der Waals surface area contributed by atoms with Crippen LogP contribution in [0.5, 0.6) is 11.5 Å². The van der Waals surface area contributed by atoms with Gasteiger partial charge in [-0.3, -0.25) is 0 Å². The van der Waals surface area contributed by atoms with Crippen molar-refractivity contribution in [1.29, 1.82) is 0 Å². The van der Waals surface area contributed by atoms with E-state index in [1.807, 2.05) is 0 Å². The van der Waals surface area contributed by atoms with Crippen LogP contribution in [-0.2, 0) is 12.8 Å². The zero-order valence-electron chi connectivity index (χ0n) is 11.8. The van der Waals surface area contributed by atoms with Gasteiger partial charge in [0.2, 0.25) is 0 Å². The molecule has 0 saturated heterocycles. The van der Waals surface area contributed by atoms with Gasteiger partial charge in [0.05, 0.1) is 0 Å². The quantitative estimate of drug-likeness (QED) is 0.350. The van der Waals surface area contributed by atoms with Gasteiger partial charge in [-0.25, -0.2) is 0 Å². The molecular formula is C16H12Br2Cl4O. The molecule has 0 aromatic heterocycles. The molecule has 0 N–H and O–H groups in total. The van der Waals surface area contributed by atoms with E-state index in [1.165, 1.54) is 0 Å². The van der Waals surface area contributed by atoms with E-state index in [4.69, 9.17) is 51.1 Å². The van der Waals surface area contributed by atoms with Crippen LogP contribution in [-0.4, -0.2) is 10.7 Å². The zero-order chi connectivity index (χ0) is 17.0. The summed E-state index contributed by atoms with van der Waals surface area (Å²) >= 11 is 31.7. The molecule has 0 heterocycles. The fourth-order valence-electron chi connectivity index (χ4n) is 2.13. The van der Waals surface area contributed by atoms with Crippen LogP contribution in [0, 0.1) is 0 Å². The number of hydrogen-bond acceptors (Lipinski definition) is 1. The van der Waals surface area contributed by atoms with Crippen LogP contribution in [0.3, 0.4) is 0 Å². The van der Waals surface area contributed by atoms with E-state index in [-0.39, 0.29) is 0 Å². The van der Waals surface area contributed by atoms with Crippen LogP contribution in [0.4, 0.5) is 0 Å². The van der Waals surface area contributed by atoms with Gasteiger partial charge in [0.25, 0.3) is 0 Å². The van der Waals surface area contributed by atoms with Crippen molar-refractivity contribution in [3.05, 3.63) is 55.5 Å². The van der Waals surface area contributed by atoms with E-state index >= 15 is 0 Å². The zero-order valence-corrected chi connectivity index (χ0v) is 18.0. The van der Waals surface area contributed by atoms with Crippen LogP contribution in [0.2, 0.25) is 20.1 Å². The van der Waals surface area contributed by atoms with Crippen molar-refractivity contribution in [2.75, 3.05) is 10.7 Å². The first kappa shape index (κ1) is 19.7. The Kier molecular flexibility index (Phi) is 7.84. The second-order valence-corrected chi connectivity index (χ2v) is 7.98. The summed E-state index contributed by atoms with van der Waals surface area (Å²) in [5.74, 6) is 1.22. The Labute approximate surface area is 172 Å². The third-order valence-electron chi connectivity index (χ3n) is 3.15. The Morgan fingerprint density at radius 3 is 1.43 bits per heavy atom. The van der Waals surface area contributed by atoms with Crippen LogP contribution < -0.4 is 4.74 Å². The maximum absolute atomic E-state index is 6.30. The first-order valence-corrected chi connectivity index (χ1v) is 10.5. The molecule has 23 heavy (non-hydrogen) atoms. The SMILES string of the molecule is Clc1cc(Cl)c(CCBr)c(Oc2cc(Cl)cc(Cl)c2CCBr)c1. The standard InChI is InChI=1S/C16H12Br2Cl4O/c17-3-1-11-13(21)5-9(19)7-15(11)23-16-8-10(20)6-14(22)12(16)2-4-18/h5-8H,1-4H2. The largest absolute Gasteiger partial charge is 0.457 e. The number of benzene rings is 2. The highest BCUT2D eigenvalue weighted by Gasteiger charge is 2.15. The van der Waals surface area contributed by atoms with Crippen molar-refractivity contribution in [1.82, 2.24) is 0 Å². The van der Waals surface area contributed by atoms with Gasteiger partial charge < -0.3 is 4.74 Å². The second kappa shape index (κ2) is 9.17. The molecule has 0 saturated carbocycles. The van der Waals surface area contributed by atoms with Crippen LogP contribution >= 0.6 is 78.3 Å². The van der Waals surface area contributed by atoms with Gasteiger partial charge in [0, 0.05) is 41.9 Å². The molecule has 0 atom stereocenters. The van der Waals surface area contributed by atoms with Gasteiger partial charge in [-0.2, -0.15) is 0 Å². The smallest absolute Gasteiger partial charge is 0.133 e. The highest BCUT2D eigenvalue weighted by Crippen LogP contribution is 2.39. The monoisotopic (exact) mass is 518 g/mol. The van der Waals surface area contributed by atoms with Crippen LogP contribution in [0.25, 0.3) is 0 Å². The van der Waals surface area contributed by atoms with Gasteiger partial charge in [0.15, 0.2) is 0 Å². The van der Waals surface area contributed by atoms with E-state index in [0.717, 1.165) is 21.8 Å². The van der Waals surface area contributed by atoms with Crippen LogP contribution in [0.1, 0.15) is 11.1 Å². The topological polar surface area (TPSA) is 9.23 Å². The number of ether oxygens (including phenoxy) is 1. The summed E-state index contributed by atoms with van der Waals surface area (Å²) in [6.45, 7) is 0.